The lowest BCUT2D eigenvalue weighted by molar-refractivity contribution is -0.122. The Balaban J connectivity index is 1.41. The van der Waals surface area contributed by atoms with Crippen molar-refractivity contribution in [3.63, 3.8) is 0 Å². The van der Waals surface area contributed by atoms with E-state index in [1.165, 1.54) is 19.3 Å². The van der Waals surface area contributed by atoms with Gasteiger partial charge in [0.25, 0.3) is 0 Å². The van der Waals surface area contributed by atoms with E-state index in [-0.39, 0.29) is 5.91 Å². The second-order valence-electron chi connectivity index (χ2n) is 7.98. The number of hydrogen-bond donors (Lipinski definition) is 1. The molecule has 0 aliphatic heterocycles. The van der Waals surface area contributed by atoms with Crippen LogP contribution in [-0.4, -0.2) is 22.1 Å². The molecular formula is C20H29N3O2S. The summed E-state index contributed by atoms with van der Waals surface area (Å²) in [6.45, 7) is 7.01. The number of amides is 1. The van der Waals surface area contributed by atoms with E-state index in [0.717, 1.165) is 24.3 Å². The molecule has 1 aliphatic rings. The molecule has 0 unspecified atom stereocenters. The zero-order valence-electron chi connectivity index (χ0n) is 16.0. The van der Waals surface area contributed by atoms with Crippen LogP contribution in [0.5, 0.6) is 0 Å². The van der Waals surface area contributed by atoms with Crippen LogP contribution in [0.15, 0.2) is 21.3 Å². The molecule has 5 nitrogen and oxygen atoms in total. The minimum absolute atomic E-state index is 0.0819. The molecule has 0 aromatic carbocycles. The van der Waals surface area contributed by atoms with Crippen LogP contribution in [0.3, 0.4) is 0 Å². The maximum absolute atomic E-state index is 12.3. The van der Waals surface area contributed by atoms with E-state index in [2.05, 4.69) is 36.2 Å². The summed E-state index contributed by atoms with van der Waals surface area (Å²) in [5.74, 6) is 1.97. The van der Waals surface area contributed by atoms with Gasteiger partial charge >= 0.3 is 0 Å². The lowest BCUT2D eigenvalue weighted by atomic mass is 9.69. The highest BCUT2D eigenvalue weighted by molar-refractivity contribution is 7.08. The molecule has 1 fully saturated rings. The minimum Gasteiger partial charge on any atom is -0.353 e. The Morgan fingerprint density at radius 3 is 2.77 bits per heavy atom. The van der Waals surface area contributed by atoms with E-state index in [1.54, 1.807) is 11.3 Å². The molecule has 142 valence electrons. The van der Waals surface area contributed by atoms with Crippen molar-refractivity contribution in [3.05, 3.63) is 22.7 Å². The number of aryl methyl sites for hydroxylation is 1. The fourth-order valence-corrected chi connectivity index (χ4v) is 4.33. The topological polar surface area (TPSA) is 68.0 Å². The van der Waals surface area contributed by atoms with Gasteiger partial charge in [0.2, 0.25) is 17.6 Å². The zero-order chi connectivity index (χ0) is 18.6. The van der Waals surface area contributed by atoms with Crippen LogP contribution in [0.1, 0.15) is 65.2 Å². The lowest BCUT2D eigenvalue weighted by Crippen LogP contribution is -2.40. The zero-order valence-corrected chi connectivity index (χ0v) is 16.8. The van der Waals surface area contributed by atoms with Gasteiger partial charge in [-0.2, -0.15) is 16.3 Å². The Morgan fingerprint density at radius 1 is 1.35 bits per heavy atom. The molecule has 2 heterocycles. The number of hydrogen-bond acceptors (Lipinski definition) is 5. The second-order valence-corrected chi connectivity index (χ2v) is 8.76. The van der Waals surface area contributed by atoms with Gasteiger partial charge in [-0.25, -0.2) is 0 Å². The van der Waals surface area contributed by atoms with Crippen molar-refractivity contribution in [1.82, 2.24) is 15.5 Å². The summed E-state index contributed by atoms with van der Waals surface area (Å²) >= 11 is 1.60. The van der Waals surface area contributed by atoms with E-state index in [1.807, 2.05) is 16.8 Å². The summed E-state index contributed by atoms with van der Waals surface area (Å²) in [6.07, 6.45) is 6.68. The van der Waals surface area contributed by atoms with Gasteiger partial charge in [0.05, 0.1) is 0 Å². The molecule has 2 aromatic heterocycles. The molecule has 0 atom stereocenters. The Bertz CT molecular complexity index is 700. The largest absolute Gasteiger partial charge is 0.353 e. The van der Waals surface area contributed by atoms with Crippen LogP contribution in [0.4, 0.5) is 0 Å². The summed E-state index contributed by atoms with van der Waals surface area (Å²) in [4.78, 5) is 16.6. The fraction of sp³-hybridized carbons (Fsp3) is 0.650. The van der Waals surface area contributed by atoms with Gasteiger partial charge < -0.3 is 9.84 Å². The van der Waals surface area contributed by atoms with E-state index in [4.69, 9.17) is 4.52 Å². The first-order chi connectivity index (χ1) is 12.5. The predicted octanol–water partition coefficient (Wildman–Crippen LogP) is 4.84. The highest BCUT2D eigenvalue weighted by Gasteiger charge is 2.32. The third-order valence-corrected chi connectivity index (χ3v) is 6.61. The van der Waals surface area contributed by atoms with Crippen LogP contribution >= 0.6 is 11.3 Å². The molecule has 1 N–H and O–H groups in total. The van der Waals surface area contributed by atoms with Crippen molar-refractivity contribution >= 4 is 17.2 Å². The molecule has 0 spiro atoms. The Morgan fingerprint density at radius 2 is 2.12 bits per heavy atom. The predicted molar refractivity (Wildman–Crippen MR) is 104 cm³/mol. The minimum atomic E-state index is 0.0819. The summed E-state index contributed by atoms with van der Waals surface area (Å²) in [5, 5.41) is 11.1. The van der Waals surface area contributed by atoms with Gasteiger partial charge in [-0.05, 0) is 48.5 Å². The Hall–Kier alpha value is -1.69. The van der Waals surface area contributed by atoms with Crippen molar-refractivity contribution in [3.8, 4) is 11.4 Å². The first kappa shape index (κ1) is 19.1. The number of rotatable bonds is 7. The highest BCUT2D eigenvalue weighted by Crippen LogP contribution is 2.40. The molecule has 3 rings (SSSR count). The molecule has 6 heteroatoms. The first-order valence-corrected chi connectivity index (χ1v) is 10.6. The molecule has 0 radical (unpaired) electrons. The standard InChI is InChI=1S/C20H29N3O2S/c1-4-20(2,3)15-5-7-16(8-6-15)21-17(24)9-10-18-22-19(23-25-18)14-11-12-26-13-14/h11-13,15-16H,4-10H2,1-3H3,(H,21,24). The number of aromatic nitrogens is 2. The number of thiophene rings is 1. The monoisotopic (exact) mass is 375 g/mol. The maximum Gasteiger partial charge on any atom is 0.227 e. The van der Waals surface area contributed by atoms with Crippen LogP contribution in [0.2, 0.25) is 0 Å². The van der Waals surface area contributed by atoms with Crippen molar-refractivity contribution < 1.29 is 9.32 Å². The van der Waals surface area contributed by atoms with Crippen molar-refractivity contribution in [2.24, 2.45) is 11.3 Å². The molecular weight excluding hydrogens is 346 g/mol. The van der Waals surface area contributed by atoms with Gasteiger partial charge in [0, 0.05) is 29.8 Å². The number of carbonyl (C=O) groups is 1. The van der Waals surface area contributed by atoms with Gasteiger partial charge in [-0.15, -0.1) is 0 Å². The van der Waals surface area contributed by atoms with Crippen LogP contribution in [0.25, 0.3) is 11.4 Å². The van der Waals surface area contributed by atoms with Crippen LogP contribution in [-0.2, 0) is 11.2 Å². The normalized spacial score (nSPS) is 20.9. The molecule has 2 aromatic rings. The van der Waals surface area contributed by atoms with Crippen LogP contribution < -0.4 is 5.32 Å². The summed E-state index contributed by atoms with van der Waals surface area (Å²) in [7, 11) is 0. The Labute approximate surface area is 159 Å². The van der Waals surface area contributed by atoms with Crippen molar-refractivity contribution in [2.45, 2.75) is 71.8 Å². The number of nitrogens with one attached hydrogen (secondary N) is 1. The third kappa shape index (κ3) is 4.72. The summed E-state index contributed by atoms with van der Waals surface area (Å²) in [5.41, 5.74) is 1.37. The highest BCUT2D eigenvalue weighted by atomic mass is 32.1. The average Bonchev–Trinajstić information content (AvgIpc) is 3.32. The van der Waals surface area contributed by atoms with Gasteiger partial charge in [0.15, 0.2) is 0 Å². The van der Waals surface area contributed by atoms with E-state index < -0.39 is 0 Å². The quantitative estimate of drug-likeness (QED) is 0.752. The summed E-state index contributed by atoms with van der Waals surface area (Å²) in [6, 6.07) is 2.28. The van der Waals surface area contributed by atoms with E-state index in [9.17, 15) is 4.79 Å². The van der Waals surface area contributed by atoms with Gasteiger partial charge in [0.1, 0.15) is 0 Å². The first-order valence-electron chi connectivity index (χ1n) is 9.62. The SMILES string of the molecule is CCC(C)(C)C1CCC(NC(=O)CCc2nc(-c3ccsc3)no2)CC1. The molecule has 0 bridgehead atoms. The number of nitrogens with zero attached hydrogens (tertiary/aromatic N) is 2. The molecule has 0 saturated heterocycles. The molecule has 1 amide bonds. The third-order valence-electron chi connectivity index (χ3n) is 5.92. The molecule has 1 saturated carbocycles. The Kier molecular flexibility index (Phi) is 6.12. The molecule has 1 aliphatic carbocycles. The van der Waals surface area contributed by atoms with Crippen molar-refractivity contribution in [2.75, 3.05) is 0 Å². The maximum atomic E-state index is 12.3. The number of carbonyl (C=O) groups excluding carboxylic acids is 1. The van der Waals surface area contributed by atoms with Crippen molar-refractivity contribution in [1.29, 1.82) is 0 Å². The molecule has 26 heavy (non-hydrogen) atoms. The second kappa shape index (κ2) is 8.33. The van der Waals surface area contributed by atoms with E-state index in [0.29, 0.717) is 36.0 Å². The smallest absolute Gasteiger partial charge is 0.227 e. The van der Waals surface area contributed by atoms with E-state index >= 15 is 0 Å². The summed E-state index contributed by atoms with van der Waals surface area (Å²) < 4.78 is 5.26. The lowest BCUT2D eigenvalue weighted by Gasteiger charge is -2.39. The average molecular weight is 376 g/mol. The fourth-order valence-electron chi connectivity index (χ4n) is 3.69. The van der Waals surface area contributed by atoms with Gasteiger partial charge in [-0.1, -0.05) is 32.3 Å². The van der Waals surface area contributed by atoms with Crippen LogP contribution in [0, 0.1) is 11.3 Å². The van der Waals surface area contributed by atoms with Gasteiger partial charge in [-0.3, -0.25) is 4.79 Å².